The standard InChI is InChI=1S/C34H27NO/c1-34(2)30-13-7-4-10-25(30)26-19-17-23(21-31(26)34)35(3)22-16-18-24-27-11-5-8-14-32(27)36-33-15-9-6-12-28(33)29(24)20-22/h4-21H,1-3H3. The van der Waals surface area contributed by atoms with Crippen molar-refractivity contribution in [3.05, 3.63) is 120 Å². The van der Waals surface area contributed by atoms with Gasteiger partial charge in [-0.2, -0.15) is 0 Å². The fourth-order valence-electron chi connectivity index (χ4n) is 5.92. The Kier molecular flexibility index (Phi) is 4.44. The third-order valence-corrected chi connectivity index (χ3v) is 7.92. The fourth-order valence-corrected chi connectivity index (χ4v) is 5.92. The van der Waals surface area contributed by atoms with Gasteiger partial charge in [0.05, 0.1) is 0 Å². The summed E-state index contributed by atoms with van der Waals surface area (Å²) in [6.07, 6.45) is 0. The van der Waals surface area contributed by atoms with Gasteiger partial charge in [0.1, 0.15) is 11.5 Å². The van der Waals surface area contributed by atoms with Crippen molar-refractivity contribution in [3.8, 4) is 44.9 Å². The number of rotatable bonds is 2. The summed E-state index contributed by atoms with van der Waals surface area (Å²) in [6.45, 7) is 4.66. The van der Waals surface area contributed by atoms with Crippen LogP contribution in [0.15, 0.2) is 109 Å². The van der Waals surface area contributed by atoms with Crippen molar-refractivity contribution < 1.29 is 4.74 Å². The number of fused-ring (bicyclic) bond motifs is 8. The summed E-state index contributed by atoms with van der Waals surface area (Å²) in [7, 11) is 2.16. The number of anilines is 2. The third kappa shape index (κ3) is 2.97. The molecule has 2 nitrogen and oxygen atoms in total. The summed E-state index contributed by atoms with van der Waals surface area (Å²) >= 11 is 0. The molecule has 0 saturated heterocycles. The van der Waals surface area contributed by atoms with Crippen molar-refractivity contribution in [1.29, 1.82) is 0 Å². The summed E-state index contributed by atoms with van der Waals surface area (Å²) in [5.74, 6) is 1.78. The molecule has 0 saturated carbocycles. The Morgan fingerprint density at radius 2 is 1.03 bits per heavy atom. The van der Waals surface area contributed by atoms with Crippen molar-refractivity contribution in [3.63, 3.8) is 0 Å². The lowest BCUT2D eigenvalue weighted by molar-refractivity contribution is 0.488. The SMILES string of the molecule is CN(c1ccc2c(c1)-c1ccccc1Oc1ccccc1-2)c1ccc2c(c1)C(C)(C)c1ccccc1-2. The molecule has 5 aromatic rings. The van der Waals surface area contributed by atoms with Crippen molar-refractivity contribution >= 4 is 11.4 Å². The highest BCUT2D eigenvalue weighted by atomic mass is 16.5. The first-order valence-corrected chi connectivity index (χ1v) is 12.5. The highest BCUT2D eigenvalue weighted by molar-refractivity contribution is 5.93. The van der Waals surface area contributed by atoms with Gasteiger partial charge >= 0.3 is 0 Å². The molecule has 2 aliphatic rings. The van der Waals surface area contributed by atoms with Crippen molar-refractivity contribution in [2.45, 2.75) is 19.3 Å². The number of hydrogen-bond acceptors (Lipinski definition) is 2. The molecule has 7 rings (SSSR count). The molecular weight excluding hydrogens is 438 g/mol. The van der Waals surface area contributed by atoms with Crippen LogP contribution in [-0.2, 0) is 5.41 Å². The van der Waals surface area contributed by atoms with Gasteiger partial charge in [0.15, 0.2) is 0 Å². The predicted octanol–water partition coefficient (Wildman–Crippen LogP) is 9.20. The lowest BCUT2D eigenvalue weighted by Gasteiger charge is -2.25. The Balaban J connectivity index is 1.35. The molecule has 174 valence electrons. The van der Waals surface area contributed by atoms with Gasteiger partial charge in [0.2, 0.25) is 0 Å². The zero-order valence-corrected chi connectivity index (χ0v) is 20.7. The molecule has 0 amide bonds. The van der Waals surface area contributed by atoms with Gasteiger partial charge in [-0.3, -0.25) is 0 Å². The lowest BCUT2D eigenvalue weighted by Crippen LogP contribution is -2.16. The van der Waals surface area contributed by atoms with E-state index in [1.807, 2.05) is 18.2 Å². The van der Waals surface area contributed by atoms with Crippen LogP contribution < -0.4 is 9.64 Å². The second kappa shape index (κ2) is 7.60. The van der Waals surface area contributed by atoms with E-state index in [-0.39, 0.29) is 5.41 Å². The topological polar surface area (TPSA) is 12.5 Å². The minimum Gasteiger partial charge on any atom is -0.456 e. The first kappa shape index (κ1) is 21.0. The van der Waals surface area contributed by atoms with Crippen molar-refractivity contribution in [2.75, 3.05) is 11.9 Å². The quantitative estimate of drug-likeness (QED) is 0.253. The smallest absolute Gasteiger partial charge is 0.135 e. The van der Waals surface area contributed by atoms with Gasteiger partial charge in [-0.1, -0.05) is 86.6 Å². The number of ether oxygens (including phenoxy) is 1. The van der Waals surface area contributed by atoms with E-state index in [0.717, 1.165) is 28.3 Å². The molecule has 5 aromatic carbocycles. The largest absolute Gasteiger partial charge is 0.456 e. The molecule has 0 aromatic heterocycles. The molecular formula is C34H27NO. The van der Waals surface area contributed by atoms with E-state index >= 15 is 0 Å². The van der Waals surface area contributed by atoms with Crippen molar-refractivity contribution in [2.24, 2.45) is 0 Å². The average molecular weight is 466 g/mol. The van der Waals surface area contributed by atoms with Gasteiger partial charge in [-0.25, -0.2) is 0 Å². The van der Waals surface area contributed by atoms with Gasteiger partial charge in [-0.15, -0.1) is 0 Å². The molecule has 2 heteroatoms. The predicted molar refractivity (Wildman–Crippen MR) is 149 cm³/mol. The number of hydrogen-bond donors (Lipinski definition) is 0. The molecule has 1 aliphatic heterocycles. The summed E-state index contributed by atoms with van der Waals surface area (Å²) in [5, 5.41) is 0. The number of benzene rings is 5. The zero-order valence-electron chi connectivity index (χ0n) is 20.7. The first-order chi connectivity index (χ1) is 17.5. The molecule has 36 heavy (non-hydrogen) atoms. The summed E-state index contributed by atoms with van der Waals surface area (Å²) in [4.78, 5) is 2.29. The van der Waals surface area contributed by atoms with E-state index in [2.05, 4.69) is 117 Å². The summed E-state index contributed by atoms with van der Waals surface area (Å²) in [6, 6.07) is 39.1. The fraction of sp³-hybridized carbons (Fsp3) is 0.118. The van der Waals surface area contributed by atoms with Gasteiger partial charge in [-0.05, 0) is 69.8 Å². The van der Waals surface area contributed by atoms with Crippen molar-refractivity contribution in [1.82, 2.24) is 0 Å². The Morgan fingerprint density at radius 3 is 1.75 bits per heavy atom. The Hall–Kier alpha value is -4.30. The van der Waals surface area contributed by atoms with E-state index < -0.39 is 0 Å². The molecule has 1 heterocycles. The van der Waals surface area contributed by atoms with Crippen LogP contribution >= 0.6 is 0 Å². The van der Waals surface area contributed by atoms with E-state index in [9.17, 15) is 0 Å². The molecule has 0 atom stereocenters. The summed E-state index contributed by atoms with van der Waals surface area (Å²) < 4.78 is 6.36. The van der Waals surface area contributed by atoms with Gasteiger partial charge < -0.3 is 9.64 Å². The average Bonchev–Trinajstić information content (AvgIpc) is 3.05. The second-order valence-corrected chi connectivity index (χ2v) is 10.3. The normalized spacial score (nSPS) is 13.9. The van der Waals surface area contributed by atoms with Crippen LogP contribution in [0.5, 0.6) is 11.5 Å². The highest BCUT2D eigenvalue weighted by Crippen LogP contribution is 2.51. The molecule has 1 aliphatic carbocycles. The van der Waals surface area contributed by atoms with Crippen LogP contribution in [0.3, 0.4) is 0 Å². The highest BCUT2D eigenvalue weighted by Gasteiger charge is 2.35. The minimum atomic E-state index is -0.0173. The van der Waals surface area contributed by atoms with Gasteiger partial charge in [0.25, 0.3) is 0 Å². The molecule has 0 unspecified atom stereocenters. The van der Waals surface area contributed by atoms with E-state index in [1.165, 1.54) is 39.1 Å². The minimum absolute atomic E-state index is 0.0173. The monoisotopic (exact) mass is 465 g/mol. The molecule has 0 bridgehead atoms. The maximum atomic E-state index is 6.36. The number of para-hydroxylation sites is 2. The van der Waals surface area contributed by atoms with E-state index in [1.54, 1.807) is 0 Å². The van der Waals surface area contributed by atoms with E-state index in [4.69, 9.17) is 4.74 Å². The molecule has 0 N–H and O–H groups in total. The van der Waals surface area contributed by atoms with E-state index in [0.29, 0.717) is 0 Å². The van der Waals surface area contributed by atoms with Crippen LogP contribution in [0.25, 0.3) is 33.4 Å². The Bertz CT molecular complexity index is 1660. The molecule has 0 fully saturated rings. The Labute approximate surface area is 212 Å². The first-order valence-electron chi connectivity index (χ1n) is 12.5. The Morgan fingerprint density at radius 1 is 0.500 bits per heavy atom. The number of nitrogens with zero attached hydrogens (tertiary/aromatic N) is 1. The van der Waals surface area contributed by atoms with Gasteiger partial charge in [0, 0.05) is 35.0 Å². The maximum Gasteiger partial charge on any atom is 0.135 e. The van der Waals surface area contributed by atoms with Crippen LogP contribution in [0.2, 0.25) is 0 Å². The summed E-state index contributed by atoms with van der Waals surface area (Å²) in [5.41, 5.74) is 12.4. The molecule has 0 spiro atoms. The lowest BCUT2D eigenvalue weighted by atomic mass is 9.82. The van der Waals surface area contributed by atoms with Crippen LogP contribution in [0, 0.1) is 0 Å². The maximum absolute atomic E-state index is 6.36. The second-order valence-electron chi connectivity index (χ2n) is 10.3. The van der Waals surface area contributed by atoms with Crippen LogP contribution in [0.1, 0.15) is 25.0 Å². The van der Waals surface area contributed by atoms with Crippen LogP contribution in [-0.4, -0.2) is 7.05 Å². The molecule has 0 radical (unpaired) electrons. The third-order valence-electron chi connectivity index (χ3n) is 7.92. The zero-order chi connectivity index (χ0) is 24.4. The van der Waals surface area contributed by atoms with Crippen LogP contribution in [0.4, 0.5) is 11.4 Å².